The van der Waals surface area contributed by atoms with Crippen LogP contribution >= 0.6 is 7.82 Å². The van der Waals surface area contributed by atoms with Crippen molar-refractivity contribution in [3.05, 3.63) is 141 Å². The number of halogens is 4. The summed E-state index contributed by atoms with van der Waals surface area (Å²) in [6.45, 7) is 9.31. The number of alkyl halides is 3. The molecule has 0 saturated heterocycles. The number of phosphoric ester groups is 1. The molecule has 0 saturated carbocycles. The number of aryl methyl sites for hydroxylation is 3. The van der Waals surface area contributed by atoms with E-state index in [0.29, 0.717) is 53.7 Å². The number of phosphoric acid groups is 1. The van der Waals surface area contributed by atoms with Crippen LogP contribution in [0.4, 0.5) is 22.4 Å². The Bertz CT molecular complexity index is 2680. The summed E-state index contributed by atoms with van der Waals surface area (Å²) in [6, 6.07) is 19.8. The van der Waals surface area contributed by atoms with Crippen molar-refractivity contribution in [2.75, 3.05) is 6.79 Å². The number of rotatable bonds is 12. The van der Waals surface area contributed by atoms with Gasteiger partial charge in [-0.2, -0.15) is 18.3 Å². The average Bonchev–Trinajstić information content (AvgIpc) is 3.89. The van der Waals surface area contributed by atoms with Crippen LogP contribution in [0.2, 0.25) is 0 Å². The highest BCUT2D eigenvalue weighted by Crippen LogP contribution is 2.47. The fraction of sp³-hybridized carbons (Fsp3) is 0.295. The number of benzene rings is 4. The topological polar surface area (TPSA) is 145 Å². The Balaban J connectivity index is 1.22. The molecule has 17 heteroatoms. The summed E-state index contributed by atoms with van der Waals surface area (Å²) in [5, 5.41) is 5.67. The molecule has 3 heterocycles. The molecule has 0 aliphatic carbocycles. The van der Waals surface area contributed by atoms with Crippen LogP contribution in [0.25, 0.3) is 27.8 Å². The Hall–Kier alpha value is -5.64. The standard InChI is InChI=1S/C44H43F4N4O8P/c1-6-28-9-8-10-29(7-2)37(28)52-38(35-23-50(43(4,5)40(35)49-52)22-31-15-16-32(21-26(31)3)44(46,47)48)33-17-18-36(45)39-34(33)19-20-51(39)42(54)59-25-58-41(53)30-13-11-27(12-14-30)24-60-61(55,56)57/h8-21H,6-7,22-25H2,1-5H3,(H2,55,56,57). The minimum Gasteiger partial charge on any atom is -0.424 e. The van der Waals surface area contributed by atoms with E-state index in [4.69, 9.17) is 24.4 Å². The molecule has 61 heavy (non-hydrogen) atoms. The molecule has 4 aromatic carbocycles. The monoisotopic (exact) mass is 862 g/mol. The lowest BCUT2D eigenvalue weighted by Crippen LogP contribution is -2.36. The number of fused-ring (bicyclic) bond motifs is 2. The molecule has 0 spiro atoms. The lowest BCUT2D eigenvalue weighted by atomic mass is 9.96. The second kappa shape index (κ2) is 16.7. The second-order valence-corrected chi connectivity index (χ2v) is 16.5. The van der Waals surface area contributed by atoms with E-state index in [-0.39, 0.29) is 17.7 Å². The van der Waals surface area contributed by atoms with E-state index in [1.807, 2.05) is 36.7 Å². The molecule has 0 amide bonds. The number of carbonyl (C=O) groups is 2. The van der Waals surface area contributed by atoms with Gasteiger partial charge in [-0.15, -0.1) is 0 Å². The van der Waals surface area contributed by atoms with Gasteiger partial charge in [0.15, 0.2) is 0 Å². The van der Waals surface area contributed by atoms with Crippen LogP contribution in [-0.4, -0.2) is 47.9 Å². The lowest BCUT2D eigenvalue weighted by Gasteiger charge is -2.32. The SMILES string of the molecule is CCc1cccc(CC)c1-n1nc2c(c1-c1ccc(F)c3c1ccn3C(=O)OCOC(=O)c1ccc(COP(=O)(O)O)cc1)CN(Cc1ccc(C(F)(F)F)cc1C)C2(C)C. The third-order valence-electron chi connectivity index (χ3n) is 11.1. The predicted molar refractivity (Wildman–Crippen MR) is 217 cm³/mol. The Kier molecular flexibility index (Phi) is 11.9. The summed E-state index contributed by atoms with van der Waals surface area (Å²) >= 11 is 0. The molecule has 1 aliphatic heterocycles. The molecule has 2 N–H and O–H groups in total. The highest BCUT2D eigenvalue weighted by molar-refractivity contribution is 7.46. The summed E-state index contributed by atoms with van der Waals surface area (Å²) in [5.74, 6) is -1.57. The second-order valence-electron chi connectivity index (χ2n) is 15.2. The molecule has 6 aromatic rings. The van der Waals surface area contributed by atoms with Gasteiger partial charge in [0.05, 0.1) is 45.9 Å². The maximum atomic E-state index is 15.9. The zero-order chi connectivity index (χ0) is 44.0. The number of nitrogens with zero attached hydrogens (tertiary/aromatic N) is 4. The van der Waals surface area contributed by atoms with Crippen LogP contribution in [0.15, 0.2) is 85.1 Å². The number of aromatic nitrogens is 3. The fourth-order valence-electron chi connectivity index (χ4n) is 7.82. The Morgan fingerprint density at radius 1 is 0.918 bits per heavy atom. The van der Waals surface area contributed by atoms with E-state index < -0.39 is 49.8 Å². The summed E-state index contributed by atoms with van der Waals surface area (Å²) in [5.41, 5.74) is 6.02. The van der Waals surface area contributed by atoms with Gasteiger partial charge in [0.2, 0.25) is 6.79 Å². The van der Waals surface area contributed by atoms with Gasteiger partial charge in [-0.25, -0.2) is 27.8 Å². The first-order valence-electron chi connectivity index (χ1n) is 19.4. The van der Waals surface area contributed by atoms with Crippen molar-refractivity contribution in [2.24, 2.45) is 0 Å². The molecule has 1 aliphatic rings. The lowest BCUT2D eigenvalue weighted by molar-refractivity contribution is -0.137. The maximum Gasteiger partial charge on any atom is 0.469 e. The van der Waals surface area contributed by atoms with E-state index in [1.165, 1.54) is 42.6 Å². The third kappa shape index (κ3) is 8.64. The van der Waals surface area contributed by atoms with Gasteiger partial charge in [0.1, 0.15) is 5.82 Å². The molecule has 0 radical (unpaired) electrons. The van der Waals surface area contributed by atoms with Crippen molar-refractivity contribution in [1.82, 2.24) is 19.2 Å². The smallest absolute Gasteiger partial charge is 0.424 e. The third-order valence-corrected chi connectivity index (χ3v) is 11.6. The highest BCUT2D eigenvalue weighted by atomic mass is 31.2. The maximum absolute atomic E-state index is 15.9. The molecule has 12 nitrogen and oxygen atoms in total. The molecule has 2 aromatic heterocycles. The largest absolute Gasteiger partial charge is 0.469 e. The van der Waals surface area contributed by atoms with Crippen LogP contribution in [0, 0.1) is 12.7 Å². The molecular formula is C44H43F4N4O8P. The summed E-state index contributed by atoms with van der Waals surface area (Å²) in [4.78, 5) is 46.1. The van der Waals surface area contributed by atoms with Gasteiger partial charge in [0.25, 0.3) is 0 Å². The molecule has 0 fully saturated rings. The average molecular weight is 863 g/mol. The predicted octanol–water partition coefficient (Wildman–Crippen LogP) is 9.74. The molecule has 0 bridgehead atoms. The molecule has 0 atom stereocenters. The van der Waals surface area contributed by atoms with Crippen molar-refractivity contribution < 1.29 is 55.5 Å². The zero-order valence-corrected chi connectivity index (χ0v) is 34.8. The molecular weight excluding hydrogens is 819 g/mol. The number of esters is 1. The Morgan fingerprint density at radius 2 is 1.61 bits per heavy atom. The number of carbonyl (C=O) groups excluding carboxylic acids is 2. The van der Waals surface area contributed by atoms with Crippen molar-refractivity contribution >= 4 is 30.8 Å². The zero-order valence-electron chi connectivity index (χ0n) is 33.9. The van der Waals surface area contributed by atoms with Crippen molar-refractivity contribution in [3.8, 4) is 16.9 Å². The molecule has 320 valence electrons. The van der Waals surface area contributed by atoms with E-state index in [0.717, 1.165) is 50.3 Å². The van der Waals surface area contributed by atoms with E-state index in [9.17, 15) is 27.3 Å². The number of hydrogen-bond acceptors (Lipinski definition) is 8. The summed E-state index contributed by atoms with van der Waals surface area (Å²) in [6.07, 6.45) is -2.73. The van der Waals surface area contributed by atoms with Gasteiger partial charge >= 0.3 is 26.1 Å². The van der Waals surface area contributed by atoms with Gasteiger partial charge in [-0.1, -0.05) is 50.2 Å². The van der Waals surface area contributed by atoms with E-state index >= 15 is 4.39 Å². The number of para-hydroxylation sites is 1. The number of ether oxygens (including phenoxy) is 2. The van der Waals surface area contributed by atoms with Crippen molar-refractivity contribution in [3.63, 3.8) is 0 Å². The van der Waals surface area contributed by atoms with Crippen LogP contribution < -0.4 is 0 Å². The Morgan fingerprint density at radius 3 is 2.23 bits per heavy atom. The van der Waals surface area contributed by atoms with E-state index in [2.05, 4.69) is 23.3 Å². The summed E-state index contributed by atoms with van der Waals surface area (Å²) in [7, 11) is -4.69. The highest BCUT2D eigenvalue weighted by Gasteiger charge is 2.44. The van der Waals surface area contributed by atoms with Crippen LogP contribution in [0.3, 0.4) is 0 Å². The van der Waals surface area contributed by atoms with Crippen molar-refractivity contribution in [1.29, 1.82) is 0 Å². The minimum atomic E-state index is -4.69. The van der Waals surface area contributed by atoms with Crippen LogP contribution in [0.5, 0.6) is 0 Å². The first-order chi connectivity index (χ1) is 28.8. The van der Waals surface area contributed by atoms with Gasteiger partial charge in [0, 0.05) is 35.8 Å². The number of hydrogen-bond donors (Lipinski definition) is 2. The first kappa shape index (κ1) is 43.4. The van der Waals surface area contributed by atoms with Gasteiger partial charge in [-0.05, 0) is 104 Å². The van der Waals surface area contributed by atoms with Gasteiger partial charge in [-0.3, -0.25) is 9.42 Å². The fourth-order valence-corrected chi connectivity index (χ4v) is 8.14. The minimum absolute atomic E-state index is 0.0642. The van der Waals surface area contributed by atoms with Crippen molar-refractivity contribution in [2.45, 2.75) is 78.9 Å². The van der Waals surface area contributed by atoms with Crippen LogP contribution in [0.1, 0.15) is 82.7 Å². The molecule has 0 unspecified atom stereocenters. The van der Waals surface area contributed by atoms with Gasteiger partial charge < -0.3 is 19.3 Å². The first-order valence-corrected chi connectivity index (χ1v) is 20.9. The molecule has 7 rings (SSSR count). The summed E-state index contributed by atoms with van der Waals surface area (Å²) < 4.78 is 85.2. The Labute approximate surface area is 348 Å². The quantitative estimate of drug-likeness (QED) is 0.0528. The van der Waals surface area contributed by atoms with Crippen LogP contribution in [-0.2, 0) is 62.8 Å². The van der Waals surface area contributed by atoms with E-state index in [1.54, 1.807) is 19.1 Å². The normalized spacial score (nSPS) is 14.1.